The van der Waals surface area contributed by atoms with Crippen LogP contribution in [-0.2, 0) is 16.0 Å². The van der Waals surface area contributed by atoms with Gasteiger partial charge >= 0.3 is 0 Å². The second kappa shape index (κ2) is 13.1. The third-order valence-electron chi connectivity index (χ3n) is 6.29. The molecule has 6 heteroatoms. The number of hydrogen-bond acceptors (Lipinski definition) is 4. The van der Waals surface area contributed by atoms with Gasteiger partial charge in [-0.25, -0.2) is 4.99 Å². The number of Topliss-reactive ketones (excluding diaryl/α,β-unsaturated/α-hetero) is 1. The number of rotatable bonds is 11. The van der Waals surface area contributed by atoms with Gasteiger partial charge in [-0.1, -0.05) is 64.5 Å². The molecule has 6 nitrogen and oxygen atoms in total. The molecule has 1 aliphatic carbocycles. The van der Waals surface area contributed by atoms with Crippen molar-refractivity contribution >= 4 is 17.6 Å². The lowest BCUT2D eigenvalue weighted by Gasteiger charge is -2.24. The van der Waals surface area contributed by atoms with Crippen LogP contribution >= 0.6 is 0 Å². The molecule has 1 aromatic rings. The summed E-state index contributed by atoms with van der Waals surface area (Å²) < 4.78 is 5.20. The number of carbonyl (C=O) groups is 2. The van der Waals surface area contributed by atoms with Crippen LogP contribution in [-0.4, -0.2) is 30.8 Å². The van der Waals surface area contributed by atoms with Crippen molar-refractivity contribution in [1.29, 1.82) is 0 Å². The van der Waals surface area contributed by atoms with E-state index >= 15 is 0 Å². The first-order valence-corrected chi connectivity index (χ1v) is 11.7. The molecule has 0 aromatic heterocycles. The number of nitrogens with one attached hydrogen (secondary N) is 1. The van der Waals surface area contributed by atoms with Crippen LogP contribution in [0.25, 0.3) is 0 Å². The van der Waals surface area contributed by atoms with Crippen LogP contribution in [0.5, 0.6) is 5.75 Å². The lowest BCUT2D eigenvalue weighted by Crippen LogP contribution is -2.40. The Bertz CT molecular complexity index is 741. The number of ether oxygens (including phenoxy) is 1. The van der Waals surface area contributed by atoms with Crippen molar-refractivity contribution < 1.29 is 14.3 Å². The first kappa shape index (κ1) is 24.9. The van der Waals surface area contributed by atoms with E-state index in [1.54, 1.807) is 7.11 Å². The van der Waals surface area contributed by atoms with Crippen LogP contribution in [0.2, 0.25) is 0 Å². The number of benzene rings is 1. The molecule has 0 heterocycles. The maximum Gasteiger partial charge on any atom is 0.231 e. The Morgan fingerprint density at radius 1 is 1.26 bits per heavy atom. The molecule has 0 aliphatic heterocycles. The summed E-state index contributed by atoms with van der Waals surface area (Å²) in [5.41, 5.74) is 6.88. The van der Waals surface area contributed by atoms with Crippen molar-refractivity contribution in [2.45, 2.75) is 84.1 Å². The molecule has 0 saturated heterocycles. The van der Waals surface area contributed by atoms with Crippen molar-refractivity contribution in [3.05, 3.63) is 29.8 Å². The largest absolute Gasteiger partial charge is 0.497 e. The number of carbonyl (C=O) groups excluding carboxylic acids is 2. The molecule has 0 bridgehead atoms. The molecular weight excluding hydrogens is 390 g/mol. The molecule has 31 heavy (non-hydrogen) atoms. The van der Waals surface area contributed by atoms with Crippen LogP contribution in [0.1, 0.15) is 77.2 Å². The summed E-state index contributed by atoms with van der Waals surface area (Å²) in [7, 11) is 1.59. The third-order valence-corrected chi connectivity index (χ3v) is 6.29. The normalized spacial score (nSPS) is 17.1. The topological polar surface area (TPSA) is 93.8 Å². The average Bonchev–Trinajstić information content (AvgIpc) is 2.77. The van der Waals surface area contributed by atoms with E-state index in [2.05, 4.69) is 24.2 Å². The van der Waals surface area contributed by atoms with Crippen LogP contribution in [0.4, 0.5) is 0 Å². The number of amides is 1. The number of guanidine groups is 1. The molecule has 172 valence electrons. The van der Waals surface area contributed by atoms with Crippen molar-refractivity contribution in [1.82, 2.24) is 5.32 Å². The maximum absolute atomic E-state index is 12.9. The van der Waals surface area contributed by atoms with Crippen molar-refractivity contribution in [2.75, 3.05) is 7.11 Å². The highest BCUT2D eigenvalue weighted by Gasteiger charge is 2.24. The molecule has 0 radical (unpaired) electrons. The standard InChI is InChI=1S/C25H39N3O3/c1-4-18(2)13-14-23(29)22(16-19-9-6-5-7-10-19)27-25(26)28-24(30)17-20-11-8-12-21(15-20)31-3/h8,11-12,15,18-19,22H,4-7,9-10,13-14,16-17H2,1-3H3,(H3,26,27,28,30)/t18-,22+/m0/s1. The van der Waals surface area contributed by atoms with Gasteiger partial charge in [-0.2, -0.15) is 0 Å². The van der Waals surface area contributed by atoms with Crippen LogP contribution in [0.15, 0.2) is 29.3 Å². The van der Waals surface area contributed by atoms with E-state index < -0.39 is 6.04 Å². The van der Waals surface area contributed by atoms with E-state index in [1.165, 1.54) is 19.3 Å². The highest BCUT2D eigenvalue weighted by molar-refractivity contribution is 5.98. The van der Waals surface area contributed by atoms with Gasteiger partial charge in [0.1, 0.15) is 11.8 Å². The second-order valence-electron chi connectivity index (χ2n) is 8.86. The molecule has 1 aliphatic rings. The minimum Gasteiger partial charge on any atom is -0.497 e. The predicted octanol–water partition coefficient (Wildman–Crippen LogP) is 4.40. The minimum absolute atomic E-state index is 0.0330. The number of ketones is 1. The zero-order valence-corrected chi connectivity index (χ0v) is 19.4. The number of hydrogen-bond donors (Lipinski definition) is 2. The van der Waals surface area contributed by atoms with Gasteiger partial charge in [-0.15, -0.1) is 0 Å². The quantitative estimate of drug-likeness (QED) is 0.403. The Morgan fingerprint density at radius 2 is 2.00 bits per heavy atom. The van der Waals surface area contributed by atoms with E-state index in [9.17, 15) is 9.59 Å². The zero-order valence-electron chi connectivity index (χ0n) is 19.4. The SMILES string of the molecule is CC[C@H](C)CCC(=O)[C@@H](CC1CCCCC1)N=C(N)NC(=O)Cc1cccc(OC)c1. The average molecular weight is 430 g/mol. The molecule has 3 N–H and O–H groups in total. The van der Waals surface area contributed by atoms with Crippen LogP contribution < -0.4 is 15.8 Å². The van der Waals surface area contributed by atoms with Gasteiger partial charge in [-0.3, -0.25) is 14.9 Å². The van der Waals surface area contributed by atoms with Crippen LogP contribution in [0.3, 0.4) is 0 Å². The zero-order chi connectivity index (χ0) is 22.6. The minimum atomic E-state index is -0.468. The monoisotopic (exact) mass is 429 g/mol. The maximum atomic E-state index is 12.9. The lowest BCUT2D eigenvalue weighted by atomic mass is 9.83. The van der Waals surface area contributed by atoms with Crippen molar-refractivity contribution in [3.63, 3.8) is 0 Å². The second-order valence-corrected chi connectivity index (χ2v) is 8.86. The predicted molar refractivity (Wildman–Crippen MR) is 125 cm³/mol. The van der Waals surface area contributed by atoms with Gasteiger partial charge in [0.05, 0.1) is 13.5 Å². The molecule has 2 rings (SSSR count). The molecule has 0 spiro atoms. The van der Waals surface area contributed by atoms with Gasteiger partial charge in [0.2, 0.25) is 5.91 Å². The van der Waals surface area contributed by atoms with E-state index in [0.717, 1.165) is 37.7 Å². The molecular formula is C25H39N3O3. The van der Waals surface area contributed by atoms with E-state index in [1.807, 2.05) is 24.3 Å². The number of methoxy groups -OCH3 is 1. The molecule has 2 atom stereocenters. The summed E-state index contributed by atoms with van der Waals surface area (Å²) in [6, 6.07) is 6.88. The molecule has 1 fully saturated rings. The van der Waals surface area contributed by atoms with E-state index in [4.69, 9.17) is 10.5 Å². The van der Waals surface area contributed by atoms with Gasteiger partial charge in [0.15, 0.2) is 11.7 Å². The number of aliphatic imine (C=N–C) groups is 1. The van der Waals surface area contributed by atoms with Crippen molar-refractivity contribution in [3.8, 4) is 5.75 Å². The Labute approximate surface area is 187 Å². The van der Waals surface area contributed by atoms with Crippen LogP contribution in [0, 0.1) is 11.8 Å². The first-order chi connectivity index (χ1) is 14.9. The third kappa shape index (κ3) is 9.11. The molecule has 1 amide bonds. The summed E-state index contributed by atoms with van der Waals surface area (Å²) in [6.07, 6.45) is 9.34. The smallest absolute Gasteiger partial charge is 0.231 e. The Balaban J connectivity index is 2.00. The highest BCUT2D eigenvalue weighted by Crippen LogP contribution is 2.29. The number of nitrogens with zero attached hydrogens (tertiary/aromatic N) is 1. The first-order valence-electron chi connectivity index (χ1n) is 11.7. The van der Waals surface area contributed by atoms with Gasteiger partial charge in [0.25, 0.3) is 0 Å². The van der Waals surface area contributed by atoms with E-state index in [-0.39, 0.29) is 24.1 Å². The molecule has 1 aromatic carbocycles. The summed E-state index contributed by atoms with van der Waals surface area (Å²) in [5, 5.41) is 2.66. The summed E-state index contributed by atoms with van der Waals surface area (Å²) in [5.74, 6) is 1.64. The fourth-order valence-electron chi connectivity index (χ4n) is 4.11. The summed E-state index contributed by atoms with van der Waals surface area (Å²) >= 11 is 0. The summed E-state index contributed by atoms with van der Waals surface area (Å²) in [4.78, 5) is 29.8. The van der Waals surface area contributed by atoms with Gasteiger partial charge < -0.3 is 10.5 Å². The van der Waals surface area contributed by atoms with Gasteiger partial charge in [0, 0.05) is 6.42 Å². The number of nitrogens with two attached hydrogens (primary N) is 1. The van der Waals surface area contributed by atoms with Crippen molar-refractivity contribution in [2.24, 2.45) is 22.6 Å². The van der Waals surface area contributed by atoms with Gasteiger partial charge in [-0.05, 0) is 42.4 Å². The Hall–Kier alpha value is -2.37. The highest BCUT2D eigenvalue weighted by atomic mass is 16.5. The molecule has 1 saturated carbocycles. The Kier molecular flexibility index (Phi) is 10.5. The molecule has 0 unspecified atom stereocenters. The Morgan fingerprint density at radius 3 is 2.68 bits per heavy atom. The lowest BCUT2D eigenvalue weighted by molar-refractivity contribution is -0.121. The fourth-order valence-corrected chi connectivity index (χ4v) is 4.11. The fraction of sp³-hybridized carbons (Fsp3) is 0.640. The van der Waals surface area contributed by atoms with E-state index in [0.29, 0.717) is 24.0 Å². The summed E-state index contributed by atoms with van der Waals surface area (Å²) in [6.45, 7) is 4.31.